The van der Waals surface area contributed by atoms with Crippen molar-refractivity contribution in [2.75, 3.05) is 20.2 Å². The molecule has 30 heavy (non-hydrogen) atoms. The summed E-state index contributed by atoms with van der Waals surface area (Å²) in [6.45, 7) is 5.07. The van der Waals surface area contributed by atoms with Gasteiger partial charge in [-0.25, -0.2) is 0 Å². The maximum atomic E-state index is 6.32. The predicted octanol–water partition coefficient (Wildman–Crippen LogP) is 4.79. The van der Waals surface area contributed by atoms with Crippen molar-refractivity contribution in [3.05, 3.63) is 108 Å². The van der Waals surface area contributed by atoms with E-state index in [2.05, 4.69) is 101 Å². The molecule has 2 aliphatic rings. The molecule has 0 aromatic heterocycles. The number of rotatable bonds is 8. The summed E-state index contributed by atoms with van der Waals surface area (Å²) >= 11 is 0. The monoisotopic (exact) mass is 398 g/mol. The highest BCUT2D eigenvalue weighted by molar-refractivity contribution is 5.24. The first-order valence-corrected chi connectivity index (χ1v) is 10.9. The molecule has 1 saturated carbocycles. The molecule has 3 aromatic rings. The van der Waals surface area contributed by atoms with E-state index in [-0.39, 0.29) is 5.72 Å². The summed E-state index contributed by atoms with van der Waals surface area (Å²) in [6.07, 6.45) is 0. The first-order valence-electron chi connectivity index (χ1n) is 10.9. The van der Waals surface area contributed by atoms with Crippen molar-refractivity contribution < 1.29 is 4.74 Å². The Morgan fingerprint density at radius 3 is 1.60 bits per heavy atom. The lowest BCUT2D eigenvalue weighted by Gasteiger charge is -2.36. The highest BCUT2D eigenvalue weighted by atomic mass is 16.5. The Kier molecular flexibility index (Phi) is 5.43. The van der Waals surface area contributed by atoms with Crippen molar-refractivity contribution in [3.63, 3.8) is 0 Å². The smallest absolute Gasteiger partial charge is 0.130 e. The van der Waals surface area contributed by atoms with Crippen molar-refractivity contribution >= 4 is 0 Å². The second kappa shape index (κ2) is 8.35. The molecule has 1 unspecified atom stereocenters. The third-order valence-corrected chi connectivity index (χ3v) is 6.85. The molecule has 154 valence electrons. The maximum Gasteiger partial charge on any atom is 0.130 e. The zero-order valence-corrected chi connectivity index (χ0v) is 17.7. The van der Waals surface area contributed by atoms with Gasteiger partial charge in [-0.15, -0.1) is 0 Å². The zero-order valence-electron chi connectivity index (χ0n) is 17.7. The van der Waals surface area contributed by atoms with Crippen LogP contribution in [0.5, 0.6) is 0 Å². The first kappa shape index (κ1) is 19.5. The number of fused-ring (bicyclic) bond motifs is 1. The van der Waals surface area contributed by atoms with Crippen LogP contribution < -0.4 is 0 Å². The molecule has 0 bridgehead atoms. The van der Waals surface area contributed by atoms with Gasteiger partial charge in [-0.2, -0.15) is 0 Å². The Morgan fingerprint density at radius 2 is 1.17 bits per heavy atom. The van der Waals surface area contributed by atoms with E-state index in [0.29, 0.717) is 11.8 Å². The SMILES string of the molecule is COC1(N(Cc2ccccc2)Cc2ccccc2)[C@@H]2CN(Cc3ccccc3)C[C@@H]21. The van der Waals surface area contributed by atoms with E-state index in [0.717, 1.165) is 32.7 Å². The lowest BCUT2D eigenvalue weighted by molar-refractivity contribution is -0.100. The van der Waals surface area contributed by atoms with Gasteiger partial charge in [0.2, 0.25) is 0 Å². The Morgan fingerprint density at radius 1 is 0.733 bits per heavy atom. The van der Waals surface area contributed by atoms with Crippen LogP contribution in [0, 0.1) is 11.8 Å². The van der Waals surface area contributed by atoms with Crippen LogP contribution in [-0.4, -0.2) is 35.7 Å². The quantitative estimate of drug-likeness (QED) is 0.507. The highest BCUT2D eigenvalue weighted by Gasteiger charge is 2.71. The number of benzene rings is 3. The normalized spacial score (nSPS) is 25.4. The number of piperidine rings is 1. The second-order valence-corrected chi connectivity index (χ2v) is 8.68. The standard InChI is InChI=1S/C27H30N2O/c1-30-27(25-20-28(21-26(25)27)17-22-11-5-2-6-12-22)29(18-23-13-7-3-8-14-23)19-24-15-9-4-10-16-24/h2-16,25-26H,17-21H2,1H3/t25-,26+,27?. The molecule has 3 atom stereocenters. The average Bonchev–Trinajstić information content (AvgIpc) is 3.18. The fourth-order valence-corrected chi connectivity index (χ4v) is 5.42. The minimum Gasteiger partial charge on any atom is -0.363 e. The van der Waals surface area contributed by atoms with Gasteiger partial charge in [-0.05, 0) is 16.7 Å². The summed E-state index contributed by atoms with van der Waals surface area (Å²) in [6, 6.07) is 32.4. The van der Waals surface area contributed by atoms with Gasteiger partial charge in [0.25, 0.3) is 0 Å². The Bertz CT molecular complexity index is 891. The van der Waals surface area contributed by atoms with E-state index in [4.69, 9.17) is 4.74 Å². The summed E-state index contributed by atoms with van der Waals surface area (Å²) in [5, 5.41) is 0. The van der Waals surface area contributed by atoms with Crippen molar-refractivity contribution in [1.29, 1.82) is 0 Å². The van der Waals surface area contributed by atoms with Crippen LogP contribution in [0.2, 0.25) is 0 Å². The Hall–Kier alpha value is -2.46. The molecule has 0 spiro atoms. The fourth-order valence-electron chi connectivity index (χ4n) is 5.42. The number of likely N-dealkylation sites (tertiary alicyclic amines) is 1. The topological polar surface area (TPSA) is 15.7 Å². The minimum absolute atomic E-state index is 0.154. The summed E-state index contributed by atoms with van der Waals surface area (Å²) in [5.74, 6) is 1.14. The van der Waals surface area contributed by atoms with Crippen LogP contribution in [0.4, 0.5) is 0 Å². The van der Waals surface area contributed by atoms with Crippen LogP contribution in [-0.2, 0) is 24.4 Å². The molecule has 1 saturated heterocycles. The van der Waals surface area contributed by atoms with Crippen LogP contribution in [0.3, 0.4) is 0 Å². The molecule has 1 aliphatic heterocycles. The van der Waals surface area contributed by atoms with Gasteiger partial charge in [0.05, 0.1) is 0 Å². The molecule has 3 nitrogen and oxygen atoms in total. The summed E-state index contributed by atoms with van der Waals surface area (Å²) < 4.78 is 6.32. The molecule has 1 aliphatic carbocycles. The number of hydrogen-bond acceptors (Lipinski definition) is 3. The molecule has 0 amide bonds. The summed E-state index contributed by atoms with van der Waals surface area (Å²) in [4.78, 5) is 5.16. The molecule has 3 heteroatoms. The van der Waals surface area contributed by atoms with E-state index >= 15 is 0 Å². The highest BCUT2D eigenvalue weighted by Crippen LogP contribution is 2.60. The van der Waals surface area contributed by atoms with Crippen LogP contribution in [0.25, 0.3) is 0 Å². The Balaban J connectivity index is 1.34. The molecular weight excluding hydrogens is 368 g/mol. The lowest BCUT2D eigenvalue weighted by Crippen LogP contribution is -2.45. The van der Waals surface area contributed by atoms with Crippen molar-refractivity contribution in [2.45, 2.75) is 25.4 Å². The molecular formula is C27H30N2O. The van der Waals surface area contributed by atoms with Crippen molar-refractivity contribution in [2.24, 2.45) is 11.8 Å². The van der Waals surface area contributed by atoms with Gasteiger partial charge in [0.1, 0.15) is 5.72 Å². The number of nitrogens with zero attached hydrogens (tertiary/aromatic N) is 2. The predicted molar refractivity (Wildman–Crippen MR) is 121 cm³/mol. The summed E-state index contributed by atoms with van der Waals surface area (Å²) in [5.41, 5.74) is 3.93. The van der Waals surface area contributed by atoms with Gasteiger partial charge in [-0.1, -0.05) is 91.0 Å². The molecule has 5 rings (SSSR count). The van der Waals surface area contributed by atoms with Crippen molar-refractivity contribution in [1.82, 2.24) is 9.80 Å². The Labute approximate surface area is 179 Å². The van der Waals surface area contributed by atoms with Gasteiger partial charge in [-0.3, -0.25) is 9.80 Å². The summed E-state index contributed by atoms with van der Waals surface area (Å²) in [7, 11) is 1.91. The van der Waals surface area contributed by atoms with Crippen LogP contribution >= 0.6 is 0 Å². The number of methoxy groups -OCH3 is 1. The fraction of sp³-hybridized carbons (Fsp3) is 0.333. The second-order valence-electron chi connectivity index (χ2n) is 8.68. The lowest BCUT2D eigenvalue weighted by atomic mass is 10.1. The zero-order chi connectivity index (χ0) is 20.4. The van der Waals surface area contributed by atoms with Gasteiger partial charge in [0, 0.05) is 51.7 Å². The number of ether oxygens (including phenoxy) is 1. The molecule has 3 aromatic carbocycles. The van der Waals surface area contributed by atoms with Gasteiger partial charge >= 0.3 is 0 Å². The largest absolute Gasteiger partial charge is 0.363 e. The van der Waals surface area contributed by atoms with E-state index in [1.54, 1.807) is 0 Å². The third-order valence-electron chi connectivity index (χ3n) is 6.85. The molecule has 1 heterocycles. The molecule has 2 fully saturated rings. The molecule has 0 N–H and O–H groups in total. The molecule has 0 radical (unpaired) electrons. The average molecular weight is 399 g/mol. The van der Waals surface area contributed by atoms with Gasteiger partial charge in [0.15, 0.2) is 0 Å². The van der Waals surface area contributed by atoms with E-state index in [1.165, 1.54) is 16.7 Å². The van der Waals surface area contributed by atoms with Crippen LogP contribution in [0.1, 0.15) is 16.7 Å². The minimum atomic E-state index is -0.154. The van der Waals surface area contributed by atoms with Crippen molar-refractivity contribution in [3.8, 4) is 0 Å². The van der Waals surface area contributed by atoms with E-state index in [1.807, 2.05) is 7.11 Å². The van der Waals surface area contributed by atoms with E-state index in [9.17, 15) is 0 Å². The van der Waals surface area contributed by atoms with Gasteiger partial charge < -0.3 is 4.74 Å². The number of hydrogen-bond donors (Lipinski definition) is 0. The maximum absolute atomic E-state index is 6.32. The van der Waals surface area contributed by atoms with E-state index < -0.39 is 0 Å². The third kappa shape index (κ3) is 3.69. The first-order chi connectivity index (χ1) is 14.8. The van der Waals surface area contributed by atoms with Crippen LogP contribution in [0.15, 0.2) is 91.0 Å².